The molecule has 3 heterocycles. The summed E-state index contributed by atoms with van der Waals surface area (Å²) in [4.78, 5) is 83.2. The minimum atomic E-state index is -0.413. The van der Waals surface area contributed by atoms with Crippen molar-refractivity contribution in [1.82, 2.24) is 14.7 Å². The number of piperidine rings is 1. The van der Waals surface area contributed by atoms with Crippen LogP contribution < -0.4 is 31.9 Å². The lowest BCUT2D eigenvalue weighted by atomic mass is 10.1. The minimum absolute atomic E-state index is 0.233. The molecule has 9 aromatic carbocycles. The molecule has 3 aliphatic heterocycles. The molecule has 99 heavy (non-hydrogen) atoms. The number of nitrogens with one attached hydrogen (secondary N) is 9. The summed E-state index contributed by atoms with van der Waals surface area (Å²) in [6, 6.07) is 54.9. The second-order valence-corrected chi connectivity index (χ2v) is 25.8. The molecule has 504 valence electrons. The maximum atomic E-state index is 12.9. The van der Waals surface area contributed by atoms with E-state index in [1.807, 2.05) is 9.80 Å². The number of rotatable bonds is 15. The molecule has 0 bridgehead atoms. The monoisotopic (exact) mass is 1440 g/mol. The lowest BCUT2D eigenvalue weighted by Gasteiger charge is -2.33. The number of carbonyl (C=O) groups excluding carboxylic acids is 6. The van der Waals surface area contributed by atoms with Gasteiger partial charge in [0.25, 0.3) is 35.4 Å². The normalized spacial score (nSPS) is 13.0. The van der Waals surface area contributed by atoms with Gasteiger partial charge in [-0.25, -0.2) is 0 Å². The number of amidine groups is 3. The van der Waals surface area contributed by atoms with E-state index in [1.165, 1.54) is 24.6 Å². The molecule has 0 unspecified atom stereocenters. The van der Waals surface area contributed by atoms with Crippen LogP contribution in [0.15, 0.2) is 200 Å². The third kappa shape index (κ3) is 19.6. The molecule has 24 heteroatoms. The first-order valence-corrected chi connectivity index (χ1v) is 33.8. The SMILES string of the molecule is N=C(c1ccc(C(=O)Nc2ccc(Cl)cc2C(=O)Nc2ccc(Cl)cc2)cc1)N1CCC1.N=C(c1ccc(C(=O)Nc2ccc(Cl)cc2C(=O)Nc2ccc(Cl)cc2)cc1)N1CCCC1.N=C(c1ccc(C(=O)Nc2ccc(Cl)cc2C(=O)Nc2ccc(Cl)cc2)cc1)N1CCCCC1. The number of hydrogen-bond acceptors (Lipinski definition) is 9. The van der Waals surface area contributed by atoms with Crippen molar-refractivity contribution in [2.75, 3.05) is 71.2 Å². The number of hydrogen-bond donors (Lipinski definition) is 9. The highest BCUT2D eigenvalue weighted by atomic mass is 35.5. The van der Waals surface area contributed by atoms with Gasteiger partial charge < -0.3 is 46.6 Å². The number of amides is 6. The van der Waals surface area contributed by atoms with Crippen molar-refractivity contribution in [2.45, 2.75) is 38.5 Å². The summed E-state index contributed by atoms with van der Waals surface area (Å²) in [5.41, 5.74) is 6.98. The lowest BCUT2D eigenvalue weighted by Crippen LogP contribution is -2.42. The van der Waals surface area contributed by atoms with Gasteiger partial charge in [0.1, 0.15) is 17.5 Å². The van der Waals surface area contributed by atoms with E-state index >= 15 is 0 Å². The van der Waals surface area contributed by atoms with E-state index in [9.17, 15) is 28.8 Å². The Balaban J connectivity index is 0.000000161. The van der Waals surface area contributed by atoms with E-state index in [4.69, 9.17) is 85.8 Å². The van der Waals surface area contributed by atoms with Gasteiger partial charge in [-0.15, -0.1) is 0 Å². The van der Waals surface area contributed by atoms with Crippen LogP contribution in [-0.2, 0) is 0 Å². The Morgan fingerprint density at radius 3 is 0.717 bits per heavy atom. The van der Waals surface area contributed by atoms with E-state index in [-0.39, 0.29) is 34.4 Å². The van der Waals surface area contributed by atoms with Gasteiger partial charge in [-0.1, -0.05) is 106 Å². The first-order valence-electron chi connectivity index (χ1n) is 31.6. The molecule has 3 aliphatic rings. The minimum Gasteiger partial charge on any atom is -0.357 e. The summed E-state index contributed by atoms with van der Waals surface area (Å²) in [5.74, 6) is -0.921. The molecule has 0 aliphatic carbocycles. The van der Waals surface area contributed by atoms with Crippen LogP contribution in [0, 0.1) is 16.2 Å². The molecule has 6 amide bonds. The number of halogens is 6. The van der Waals surface area contributed by atoms with Crippen LogP contribution in [0.4, 0.5) is 34.1 Å². The summed E-state index contributed by atoms with van der Waals surface area (Å²) < 4.78 is 0. The van der Waals surface area contributed by atoms with E-state index in [2.05, 4.69) is 36.8 Å². The zero-order valence-electron chi connectivity index (χ0n) is 53.1. The number of carbonyl (C=O) groups is 6. The van der Waals surface area contributed by atoms with Crippen LogP contribution >= 0.6 is 69.6 Å². The van der Waals surface area contributed by atoms with Crippen molar-refractivity contribution in [3.8, 4) is 0 Å². The first-order chi connectivity index (χ1) is 47.7. The van der Waals surface area contributed by atoms with Crippen molar-refractivity contribution >= 4 is 157 Å². The Bertz CT molecular complexity index is 4470. The van der Waals surface area contributed by atoms with Gasteiger partial charge in [-0.2, -0.15) is 0 Å². The van der Waals surface area contributed by atoms with E-state index in [0.29, 0.717) is 98.5 Å². The van der Waals surface area contributed by atoms with Gasteiger partial charge in [0.15, 0.2) is 0 Å². The van der Waals surface area contributed by atoms with Crippen LogP contribution in [0.5, 0.6) is 0 Å². The molecule has 0 atom stereocenters. The number of nitrogens with zero attached hydrogens (tertiary/aromatic N) is 3. The Morgan fingerprint density at radius 1 is 0.253 bits per heavy atom. The van der Waals surface area contributed by atoms with Gasteiger partial charge >= 0.3 is 0 Å². The average molecular weight is 1440 g/mol. The molecule has 0 saturated carbocycles. The first kappa shape index (κ1) is 71.7. The van der Waals surface area contributed by atoms with Gasteiger partial charge in [0, 0.05) is 120 Å². The van der Waals surface area contributed by atoms with Crippen LogP contribution in [-0.4, -0.2) is 107 Å². The maximum Gasteiger partial charge on any atom is 0.257 e. The van der Waals surface area contributed by atoms with E-state index in [1.54, 1.807) is 182 Å². The topological polar surface area (TPSA) is 256 Å². The van der Waals surface area contributed by atoms with E-state index < -0.39 is 17.7 Å². The van der Waals surface area contributed by atoms with Gasteiger partial charge in [0.05, 0.1) is 33.8 Å². The number of benzene rings is 9. The van der Waals surface area contributed by atoms with E-state index in [0.717, 1.165) is 88.1 Å². The third-order valence-electron chi connectivity index (χ3n) is 16.3. The fourth-order valence-corrected chi connectivity index (χ4v) is 11.6. The van der Waals surface area contributed by atoms with Crippen LogP contribution in [0.25, 0.3) is 0 Å². The molecule has 9 N–H and O–H groups in total. The predicted molar refractivity (Wildman–Crippen MR) is 399 cm³/mol. The number of likely N-dealkylation sites (tertiary alicyclic amines) is 3. The highest BCUT2D eigenvalue weighted by molar-refractivity contribution is 6.33. The molecule has 3 fully saturated rings. The van der Waals surface area contributed by atoms with Crippen LogP contribution in [0.3, 0.4) is 0 Å². The second-order valence-electron chi connectivity index (χ2n) is 23.2. The van der Waals surface area contributed by atoms with Gasteiger partial charge in [0.2, 0.25) is 0 Å². The average Bonchev–Trinajstić information content (AvgIpc) is 1.70. The smallest absolute Gasteiger partial charge is 0.257 e. The van der Waals surface area contributed by atoms with Crippen LogP contribution in [0.2, 0.25) is 30.1 Å². The zero-order valence-corrected chi connectivity index (χ0v) is 57.6. The van der Waals surface area contributed by atoms with Crippen LogP contribution in [0.1, 0.15) is 117 Å². The molecule has 0 aromatic heterocycles. The predicted octanol–water partition coefficient (Wildman–Crippen LogP) is 17.8. The molecule has 18 nitrogen and oxygen atoms in total. The van der Waals surface area contributed by atoms with Crippen molar-refractivity contribution in [3.05, 3.63) is 280 Å². The third-order valence-corrected chi connectivity index (χ3v) is 17.7. The molecule has 0 spiro atoms. The molecular weight excluding hydrogens is 1380 g/mol. The summed E-state index contributed by atoms with van der Waals surface area (Å²) >= 11 is 36.0. The summed E-state index contributed by atoms with van der Waals surface area (Å²) in [6.45, 7) is 5.32. The van der Waals surface area contributed by atoms with Crippen molar-refractivity contribution in [2.24, 2.45) is 0 Å². The lowest BCUT2D eigenvalue weighted by molar-refractivity contribution is 0.101. The maximum absolute atomic E-state index is 12.9. The summed E-state index contributed by atoms with van der Waals surface area (Å²) in [7, 11) is 0. The highest BCUT2D eigenvalue weighted by Gasteiger charge is 2.23. The standard InChI is InChI=1S/C26H24Cl2N4O2.C25H22Cl2N4O2.C24H20Cl2N4O2/c27-19-8-11-21(12-9-19)30-26(34)22-16-20(28)10-13-23(22)31-25(33)18-6-4-17(5-7-18)24(29)32-14-2-1-3-15-32;26-18-7-10-20(11-8-18)29-25(33)21-15-19(27)9-12-22(21)30-24(32)17-5-3-16(4-6-17)23(28)31-13-1-2-14-31;25-17-6-9-19(10-7-17)28-24(32)20-14-18(26)8-11-21(20)29-23(31)16-4-2-15(3-5-16)22(27)30-12-1-13-30/h4-13,16,29H,1-3,14-15H2,(H,30,34)(H,31,33);3-12,15,28H,1-2,13-14H2,(H,29,33)(H,30,32);2-11,14,27H,1,12-13H2,(H,28,32)(H,29,31). The quantitative estimate of drug-likeness (QED) is 0.0349. The number of anilines is 6. The Labute approximate surface area is 602 Å². The largest absolute Gasteiger partial charge is 0.357 e. The fourth-order valence-electron chi connectivity index (χ4n) is 10.7. The van der Waals surface area contributed by atoms with Crippen molar-refractivity contribution in [1.29, 1.82) is 16.2 Å². The van der Waals surface area contributed by atoms with Gasteiger partial charge in [-0.3, -0.25) is 45.0 Å². The van der Waals surface area contributed by atoms with Gasteiger partial charge in [-0.05, 0) is 202 Å². The molecular formula is C75H66Cl6N12O6. The summed E-state index contributed by atoms with van der Waals surface area (Å²) in [5, 5.41) is 44.5. The molecule has 12 rings (SSSR count). The molecule has 0 radical (unpaired) electrons. The Kier molecular flexibility index (Phi) is 24.6. The van der Waals surface area contributed by atoms with Crippen molar-refractivity contribution in [3.63, 3.8) is 0 Å². The molecule has 3 saturated heterocycles. The Morgan fingerprint density at radius 2 is 0.475 bits per heavy atom. The summed E-state index contributed by atoms with van der Waals surface area (Å²) in [6.07, 6.45) is 6.68. The fraction of sp³-hybridized carbons (Fsp3) is 0.160. The second kappa shape index (κ2) is 33.9. The van der Waals surface area contributed by atoms with Crippen molar-refractivity contribution < 1.29 is 28.8 Å². The zero-order chi connectivity index (χ0) is 70.1. The molecule has 9 aromatic rings. The highest BCUT2D eigenvalue weighted by Crippen LogP contribution is 2.29. The Hall–Kier alpha value is -10.1.